The van der Waals surface area contributed by atoms with Gasteiger partial charge in [-0.05, 0) is 42.5 Å². The fraction of sp³-hybridized carbons (Fsp3) is 0.304. The molecular weight excluding hydrogens is 366 g/mol. The minimum absolute atomic E-state index is 0.106. The molecular formula is C23H25N3O3. The summed E-state index contributed by atoms with van der Waals surface area (Å²) >= 11 is 0. The van der Waals surface area contributed by atoms with E-state index in [4.69, 9.17) is 0 Å². The van der Waals surface area contributed by atoms with Crippen LogP contribution >= 0.6 is 0 Å². The smallest absolute Gasteiger partial charge is 0.243 e. The Hall–Kier alpha value is -3.28. The number of hydrogen-bond acceptors (Lipinski definition) is 4. The van der Waals surface area contributed by atoms with Gasteiger partial charge in [-0.3, -0.25) is 24.3 Å². The van der Waals surface area contributed by atoms with Crippen molar-refractivity contribution in [3.05, 3.63) is 72.1 Å². The summed E-state index contributed by atoms with van der Waals surface area (Å²) in [6.45, 7) is 0.886. The number of piperidine rings is 1. The van der Waals surface area contributed by atoms with E-state index in [1.165, 1.54) is 11.0 Å². The summed E-state index contributed by atoms with van der Waals surface area (Å²) in [6, 6.07) is 13.3. The van der Waals surface area contributed by atoms with Crippen LogP contribution in [0, 0.1) is 0 Å². The maximum atomic E-state index is 12.7. The molecule has 1 N–H and O–H groups in total. The van der Waals surface area contributed by atoms with Gasteiger partial charge in [0.1, 0.15) is 0 Å². The Morgan fingerprint density at radius 1 is 1.14 bits per heavy atom. The maximum absolute atomic E-state index is 12.7. The lowest BCUT2D eigenvalue weighted by Crippen LogP contribution is -2.44. The molecule has 6 heteroatoms. The highest BCUT2D eigenvalue weighted by Crippen LogP contribution is 2.28. The number of imide groups is 1. The second kappa shape index (κ2) is 10.3. The predicted molar refractivity (Wildman–Crippen MR) is 111 cm³/mol. The monoisotopic (exact) mass is 391 g/mol. The maximum Gasteiger partial charge on any atom is 0.243 e. The topological polar surface area (TPSA) is 79.4 Å². The number of aromatic nitrogens is 1. The van der Waals surface area contributed by atoms with E-state index in [9.17, 15) is 14.4 Å². The molecule has 0 saturated carbocycles. The third-order valence-corrected chi connectivity index (χ3v) is 4.93. The van der Waals surface area contributed by atoms with Crippen LogP contribution in [0.1, 0.15) is 42.7 Å². The summed E-state index contributed by atoms with van der Waals surface area (Å²) in [6.07, 6.45) is 8.84. The predicted octanol–water partition coefficient (Wildman–Crippen LogP) is 2.92. The molecule has 150 valence electrons. The van der Waals surface area contributed by atoms with Crippen LogP contribution in [0.3, 0.4) is 0 Å². The van der Waals surface area contributed by atoms with Crippen molar-refractivity contribution in [2.75, 3.05) is 13.1 Å². The highest BCUT2D eigenvalue weighted by atomic mass is 16.2. The molecule has 2 aromatic rings. The van der Waals surface area contributed by atoms with Crippen LogP contribution in [-0.2, 0) is 14.4 Å². The Labute approximate surface area is 170 Å². The van der Waals surface area contributed by atoms with Gasteiger partial charge in [-0.15, -0.1) is 0 Å². The molecule has 2 heterocycles. The number of hydrogen-bond donors (Lipinski definition) is 1. The first-order valence-corrected chi connectivity index (χ1v) is 9.90. The first-order valence-electron chi connectivity index (χ1n) is 9.90. The van der Waals surface area contributed by atoms with Crippen molar-refractivity contribution in [1.29, 1.82) is 0 Å². The van der Waals surface area contributed by atoms with E-state index in [2.05, 4.69) is 10.3 Å². The van der Waals surface area contributed by atoms with Crippen molar-refractivity contribution in [1.82, 2.24) is 15.2 Å². The Morgan fingerprint density at radius 3 is 2.72 bits per heavy atom. The van der Waals surface area contributed by atoms with Gasteiger partial charge in [-0.2, -0.15) is 0 Å². The molecule has 29 heavy (non-hydrogen) atoms. The van der Waals surface area contributed by atoms with Crippen molar-refractivity contribution < 1.29 is 14.4 Å². The second-order valence-corrected chi connectivity index (χ2v) is 7.00. The molecule has 1 aromatic carbocycles. The molecule has 1 aromatic heterocycles. The molecule has 1 saturated heterocycles. The van der Waals surface area contributed by atoms with Crippen LogP contribution in [0.25, 0.3) is 6.08 Å². The zero-order valence-electron chi connectivity index (χ0n) is 16.3. The zero-order valence-corrected chi connectivity index (χ0v) is 16.3. The van der Waals surface area contributed by atoms with Crippen molar-refractivity contribution >= 4 is 23.8 Å². The highest BCUT2D eigenvalue weighted by molar-refractivity contribution is 6.01. The normalized spacial score (nSPS) is 17.0. The quantitative estimate of drug-likeness (QED) is 0.426. The number of nitrogens with zero attached hydrogens (tertiary/aromatic N) is 2. The molecule has 0 bridgehead atoms. The zero-order chi connectivity index (χ0) is 20.5. The van der Waals surface area contributed by atoms with E-state index in [-0.39, 0.29) is 23.6 Å². The fourth-order valence-electron chi connectivity index (χ4n) is 3.38. The summed E-state index contributed by atoms with van der Waals surface area (Å²) in [5.41, 5.74) is 1.82. The van der Waals surface area contributed by atoms with Gasteiger partial charge in [0.15, 0.2) is 0 Å². The number of unbranched alkanes of at least 4 members (excludes halogenated alkanes) is 1. The van der Waals surface area contributed by atoms with Crippen LogP contribution in [0.4, 0.5) is 0 Å². The van der Waals surface area contributed by atoms with E-state index >= 15 is 0 Å². The lowest BCUT2D eigenvalue weighted by atomic mass is 9.89. The molecule has 1 unspecified atom stereocenters. The average molecular weight is 391 g/mol. The summed E-state index contributed by atoms with van der Waals surface area (Å²) in [4.78, 5) is 42.2. The number of likely N-dealkylation sites (tertiary alicyclic amines) is 1. The number of rotatable bonds is 8. The molecule has 6 nitrogen and oxygen atoms in total. The van der Waals surface area contributed by atoms with E-state index in [1.807, 2.05) is 42.5 Å². The van der Waals surface area contributed by atoms with Gasteiger partial charge in [0.2, 0.25) is 17.7 Å². The van der Waals surface area contributed by atoms with Crippen LogP contribution < -0.4 is 5.32 Å². The third kappa shape index (κ3) is 5.85. The first kappa shape index (κ1) is 20.5. The number of pyridine rings is 1. The van der Waals surface area contributed by atoms with Gasteiger partial charge in [-0.25, -0.2) is 0 Å². The van der Waals surface area contributed by atoms with Gasteiger partial charge in [-0.1, -0.05) is 36.4 Å². The largest absolute Gasteiger partial charge is 0.353 e. The van der Waals surface area contributed by atoms with Crippen LogP contribution in [-0.4, -0.2) is 40.7 Å². The van der Waals surface area contributed by atoms with E-state index in [0.29, 0.717) is 38.8 Å². The molecule has 0 spiro atoms. The molecule has 1 atom stereocenters. The number of benzene rings is 1. The third-order valence-electron chi connectivity index (χ3n) is 4.93. The highest BCUT2D eigenvalue weighted by Gasteiger charge is 2.34. The number of carbonyl (C=O) groups excluding carboxylic acids is 3. The van der Waals surface area contributed by atoms with Crippen LogP contribution in [0.15, 0.2) is 60.9 Å². The minimum Gasteiger partial charge on any atom is -0.353 e. The van der Waals surface area contributed by atoms with Gasteiger partial charge in [0.05, 0.1) is 5.92 Å². The van der Waals surface area contributed by atoms with Crippen molar-refractivity contribution in [3.63, 3.8) is 0 Å². The molecule has 0 radical (unpaired) electrons. The van der Waals surface area contributed by atoms with E-state index < -0.39 is 0 Å². The van der Waals surface area contributed by atoms with E-state index in [0.717, 1.165) is 11.1 Å². The van der Waals surface area contributed by atoms with Gasteiger partial charge in [0, 0.05) is 38.0 Å². The lowest BCUT2D eigenvalue weighted by Gasteiger charge is -2.31. The van der Waals surface area contributed by atoms with Crippen molar-refractivity contribution in [2.45, 2.75) is 31.6 Å². The molecule has 1 aliphatic heterocycles. The number of carbonyl (C=O) groups is 3. The van der Waals surface area contributed by atoms with Crippen molar-refractivity contribution in [2.24, 2.45) is 0 Å². The van der Waals surface area contributed by atoms with E-state index in [1.54, 1.807) is 18.5 Å². The summed E-state index contributed by atoms with van der Waals surface area (Å²) < 4.78 is 0. The molecule has 0 aliphatic carbocycles. The fourth-order valence-corrected chi connectivity index (χ4v) is 3.38. The standard InChI is InChI=1S/C23H25N3O3/c27-21(12-10-18-7-6-14-24-17-18)25-15-4-5-16-26-22(28)13-11-20(23(26)29)19-8-2-1-3-9-19/h1-3,6-10,12,14,17,20H,4-5,11,13,15-16H2,(H,25,27). The minimum atomic E-state index is -0.244. The van der Waals surface area contributed by atoms with Gasteiger partial charge < -0.3 is 5.32 Å². The Kier molecular flexibility index (Phi) is 7.28. The average Bonchev–Trinajstić information content (AvgIpc) is 2.75. The van der Waals surface area contributed by atoms with Crippen molar-refractivity contribution in [3.8, 4) is 0 Å². The summed E-state index contributed by atoms with van der Waals surface area (Å²) in [7, 11) is 0. The first-order chi connectivity index (χ1) is 14.1. The molecule has 1 aliphatic rings. The molecule has 3 rings (SSSR count). The number of nitrogens with one attached hydrogen (secondary N) is 1. The summed E-state index contributed by atoms with van der Waals surface area (Å²) in [5.74, 6) is -0.643. The summed E-state index contributed by atoms with van der Waals surface area (Å²) in [5, 5.41) is 2.81. The van der Waals surface area contributed by atoms with Crippen LogP contribution in [0.2, 0.25) is 0 Å². The Bertz CT molecular complexity index is 865. The molecule has 3 amide bonds. The van der Waals surface area contributed by atoms with Crippen LogP contribution in [0.5, 0.6) is 0 Å². The van der Waals surface area contributed by atoms with Gasteiger partial charge in [0.25, 0.3) is 0 Å². The second-order valence-electron chi connectivity index (χ2n) is 7.00. The SMILES string of the molecule is O=C(C=Cc1cccnc1)NCCCCN1C(=O)CCC(c2ccccc2)C1=O. The lowest BCUT2D eigenvalue weighted by molar-refractivity contribution is -0.149. The number of amides is 3. The Morgan fingerprint density at radius 2 is 1.97 bits per heavy atom. The van der Waals surface area contributed by atoms with Gasteiger partial charge >= 0.3 is 0 Å². The Balaban J connectivity index is 1.41. The molecule has 1 fully saturated rings.